The van der Waals surface area contributed by atoms with E-state index in [-0.39, 0.29) is 5.78 Å². The van der Waals surface area contributed by atoms with E-state index < -0.39 is 0 Å². The van der Waals surface area contributed by atoms with Crippen LogP contribution in [0.15, 0.2) is 6.20 Å². The Bertz CT molecular complexity index is 389. The van der Waals surface area contributed by atoms with Gasteiger partial charge in [-0.1, -0.05) is 6.42 Å². The van der Waals surface area contributed by atoms with Gasteiger partial charge < -0.3 is 4.90 Å². The second-order valence-corrected chi connectivity index (χ2v) is 6.13. The molecule has 1 fully saturated rings. The van der Waals surface area contributed by atoms with Crippen molar-refractivity contribution in [2.45, 2.75) is 45.1 Å². The predicted octanol–water partition coefficient (Wildman–Crippen LogP) is 2.30. The summed E-state index contributed by atoms with van der Waals surface area (Å²) in [5, 5.41) is 1.18. The van der Waals surface area contributed by atoms with E-state index in [4.69, 9.17) is 0 Å². The highest BCUT2D eigenvalue weighted by Gasteiger charge is 2.20. The van der Waals surface area contributed by atoms with Crippen molar-refractivity contribution in [3.05, 3.63) is 16.1 Å². The molecule has 1 unspecified atom stereocenters. The minimum atomic E-state index is 0.218. The van der Waals surface area contributed by atoms with E-state index in [0.717, 1.165) is 11.3 Å². The van der Waals surface area contributed by atoms with Gasteiger partial charge in [-0.15, -0.1) is 11.3 Å². The first-order chi connectivity index (χ1) is 8.15. The summed E-state index contributed by atoms with van der Waals surface area (Å²) in [6, 6.07) is 0.639. The highest BCUT2D eigenvalue weighted by Crippen LogP contribution is 2.22. The van der Waals surface area contributed by atoms with E-state index >= 15 is 0 Å². The number of carbonyl (C=O) groups is 1. The lowest BCUT2D eigenvalue weighted by atomic mass is 10.0. The third-order valence-corrected chi connectivity index (χ3v) is 4.38. The van der Waals surface area contributed by atoms with E-state index in [2.05, 4.69) is 16.9 Å². The molecule has 1 aromatic heterocycles. The van der Waals surface area contributed by atoms with Crippen molar-refractivity contribution in [2.75, 3.05) is 13.6 Å². The smallest absolute Gasteiger partial charge is 0.135 e. The molecule has 0 N–H and O–H groups in total. The standard InChI is InChI=1S/C13H20N2OS/c1-10(16)7-12-9-14-13(17-12)8-11-5-3-4-6-15(11)2/h9,11H,3-8H2,1-2H3. The number of rotatable bonds is 4. The average molecular weight is 252 g/mol. The maximum Gasteiger partial charge on any atom is 0.135 e. The number of hydrogen-bond donors (Lipinski definition) is 0. The Balaban J connectivity index is 1.93. The Morgan fingerprint density at radius 2 is 2.41 bits per heavy atom. The molecule has 94 valence electrons. The third kappa shape index (κ3) is 3.61. The average Bonchev–Trinajstić information content (AvgIpc) is 2.68. The first kappa shape index (κ1) is 12.7. The molecule has 1 aliphatic rings. The molecule has 0 aliphatic carbocycles. The lowest BCUT2D eigenvalue weighted by Gasteiger charge is -2.31. The fourth-order valence-electron chi connectivity index (χ4n) is 2.37. The van der Waals surface area contributed by atoms with Gasteiger partial charge in [0.2, 0.25) is 0 Å². The molecular weight excluding hydrogens is 232 g/mol. The lowest BCUT2D eigenvalue weighted by molar-refractivity contribution is -0.116. The molecule has 1 atom stereocenters. The van der Waals surface area contributed by atoms with Gasteiger partial charge in [-0.05, 0) is 33.4 Å². The number of carbonyl (C=O) groups excluding carboxylic acids is 1. The van der Waals surface area contributed by atoms with Gasteiger partial charge in [0.05, 0.1) is 5.01 Å². The molecule has 3 nitrogen and oxygen atoms in total. The van der Waals surface area contributed by atoms with Crippen molar-refractivity contribution in [1.29, 1.82) is 0 Å². The van der Waals surface area contributed by atoms with Crippen LogP contribution in [-0.4, -0.2) is 35.3 Å². The molecule has 2 heterocycles. The van der Waals surface area contributed by atoms with Gasteiger partial charge in [0.25, 0.3) is 0 Å². The number of nitrogens with zero attached hydrogens (tertiary/aromatic N) is 2. The Hall–Kier alpha value is -0.740. The number of ketones is 1. The number of piperidine rings is 1. The summed E-state index contributed by atoms with van der Waals surface area (Å²) in [6.07, 6.45) is 7.38. The van der Waals surface area contributed by atoms with Crippen molar-refractivity contribution in [3.63, 3.8) is 0 Å². The van der Waals surface area contributed by atoms with Crippen molar-refractivity contribution in [2.24, 2.45) is 0 Å². The fraction of sp³-hybridized carbons (Fsp3) is 0.692. The molecule has 1 saturated heterocycles. The summed E-state index contributed by atoms with van der Waals surface area (Å²) in [7, 11) is 2.20. The van der Waals surface area contributed by atoms with Crippen LogP contribution in [0.3, 0.4) is 0 Å². The number of likely N-dealkylation sites (tertiary alicyclic amines) is 1. The van der Waals surface area contributed by atoms with Crippen LogP contribution < -0.4 is 0 Å². The van der Waals surface area contributed by atoms with Crippen LogP contribution in [0.1, 0.15) is 36.1 Å². The Kier molecular flexibility index (Phi) is 4.29. The molecule has 0 spiro atoms. The second-order valence-electron chi connectivity index (χ2n) is 4.93. The summed E-state index contributed by atoms with van der Waals surface area (Å²) < 4.78 is 0. The van der Waals surface area contributed by atoms with Gasteiger partial charge >= 0.3 is 0 Å². The largest absolute Gasteiger partial charge is 0.303 e. The molecule has 1 aliphatic heterocycles. The highest BCUT2D eigenvalue weighted by molar-refractivity contribution is 7.11. The molecule has 2 rings (SSSR count). The summed E-state index contributed by atoms with van der Waals surface area (Å²) in [5.74, 6) is 0.218. The van der Waals surface area contributed by atoms with Crippen molar-refractivity contribution in [1.82, 2.24) is 9.88 Å². The monoisotopic (exact) mass is 252 g/mol. The van der Waals surface area contributed by atoms with Crippen LogP contribution >= 0.6 is 11.3 Å². The van der Waals surface area contributed by atoms with E-state index in [9.17, 15) is 4.79 Å². The molecule has 0 bridgehead atoms. The molecule has 0 saturated carbocycles. The highest BCUT2D eigenvalue weighted by atomic mass is 32.1. The second kappa shape index (κ2) is 5.74. The third-order valence-electron chi connectivity index (χ3n) is 3.36. The molecule has 0 aromatic carbocycles. The Morgan fingerprint density at radius 3 is 3.12 bits per heavy atom. The Labute approximate surface area is 107 Å². The normalized spacial score (nSPS) is 21.6. The van der Waals surface area contributed by atoms with Crippen LogP contribution in [0.4, 0.5) is 0 Å². The van der Waals surface area contributed by atoms with Crippen LogP contribution in [-0.2, 0) is 17.6 Å². The Morgan fingerprint density at radius 1 is 1.59 bits per heavy atom. The van der Waals surface area contributed by atoms with E-state index in [1.54, 1.807) is 18.3 Å². The van der Waals surface area contributed by atoms with E-state index in [0.29, 0.717) is 12.5 Å². The summed E-state index contributed by atoms with van der Waals surface area (Å²) >= 11 is 1.70. The maximum absolute atomic E-state index is 11.0. The number of thiazole rings is 1. The molecule has 0 amide bonds. The van der Waals surface area contributed by atoms with Crippen molar-refractivity contribution >= 4 is 17.1 Å². The zero-order chi connectivity index (χ0) is 12.3. The SMILES string of the molecule is CC(=O)Cc1cnc(CC2CCCCN2C)s1. The number of Topliss-reactive ketones (excluding diaryl/α,β-unsaturated/α-hetero) is 1. The molecule has 1 aromatic rings. The van der Waals surface area contributed by atoms with E-state index in [1.165, 1.54) is 30.8 Å². The molecule has 4 heteroatoms. The van der Waals surface area contributed by atoms with Crippen LogP contribution in [0.2, 0.25) is 0 Å². The van der Waals surface area contributed by atoms with Gasteiger partial charge in [-0.25, -0.2) is 4.98 Å². The zero-order valence-electron chi connectivity index (χ0n) is 10.6. The minimum absolute atomic E-state index is 0.218. The van der Waals surface area contributed by atoms with Gasteiger partial charge in [0, 0.05) is 30.0 Å². The van der Waals surface area contributed by atoms with Gasteiger partial charge in [0.15, 0.2) is 0 Å². The van der Waals surface area contributed by atoms with Gasteiger partial charge in [-0.3, -0.25) is 4.79 Å². The first-order valence-electron chi connectivity index (χ1n) is 6.28. The predicted molar refractivity (Wildman–Crippen MR) is 70.5 cm³/mol. The zero-order valence-corrected chi connectivity index (χ0v) is 11.4. The molecule has 0 radical (unpaired) electrons. The summed E-state index contributed by atoms with van der Waals surface area (Å²) in [5.41, 5.74) is 0. The minimum Gasteiger partial charge on any atom is -0.303 e. The maximum atomic E-state index is 11.0. The quantitative estimate of drug-likeness (QED) is 0.824. The number of likely N-dealkylation sites (N-methyl/N-ethyl adjacent to an activating group) is 1. The summed E-state index contributed by atoms with van der Waals surface area (Å²) in [4.78, 5) is 19.0. The fourth-order valence-corrected chi connectivity index (χ4v) is 3.44. The van der Waals surface area contributed by atoms with Gasteiger partial charge in [0.1, 0.15) is 5.78 Å². The lowest BCUT2D eigenvalue weighted by Crippen LogP contribution is -2.37. The van der Waals surface area contributed by atoms with Crippen LogP contribution in [0, 0.1) is 0 Å². The number of hydrogen-bond acceptors (Lipinski definition) is 4. The van der Waals surface area contributed by atoms with Crippen LogP contribution in [0.5, 0.6) is 0 Å². The van der Waals surface area contributed by atoms with Crippen LogP contribution in [0.25, 0.3) is 0 Å². The topological polar surface area (TPSA) is 33.2 Å². The molecule has 17 heavy (non-hydrogen) atoms. The first-order valence-corrected chi connectivity index (χ1v) is 7.10. The van der Waals surface area contributed by atoms with E-state index in [1.807, 2.05) is 6.20 Å². The van der Waals surface area contributed by atoms with Crippen molar-refractivity contribution in [3.8, 4) is 0 Å². The number of aromatic nitrogens is 1. The van der Waals surface area contributed by atoms with Gasteiger partial charge in [-0.2, -0.15) is 0 Å². The molecular formula is C13H20N2OS. The summed E-state index contributed by atoms with van der Waals surface area (Å²) in [6.45, 7) is 2.84. The van der Waals surface area contributed by atoms with Crippen molar-refractivity contribution < 1.29 is 4.79 Å².